The van der Waals surface area contributed by atoms with Crippen molar-refractivity contribution >= 4 is 39.1 Å². The highest BCUT2D eigenvalue weighted by atomic mass is 79.9. The molecule has 0 aliphatic carbocycles. The number of hydrogen-bond donors (Lipinski definition) is 0. The summed E-state index contributed by atoms with van der Waals surface area (Å²) in [5.74, 6) is -0.791. The number of halogens is 3. The molecule has 1 aromatic carbocycles. The molecule has 0 saturated carbocycles. The van der Waals surface area contributed by atoms with Crippen molar-refractivity contribution in [3.63, 3.8) is 0 Å². The first-order valence-electron chi connectivity index (χ1n) is 4.91. The summed E-state index contributed by atoms with van der Waals surface area (Å²) in [7, 11) is 0. The molecule has 2 nitrogen and oxygen atoms in total. The fourth-order valence-corrected chi connectivity index (χ4v) is 2.88. The number of rotatable bonds is 2. The number of ether oxygens (including phenoxy) is 2. The minimum atomic E-state index is -0.791. The zero-order chi connectivity index (χ0) is 11.8. The van der Waals surface area contributed by atoms with Crippen LogP contribution in [0.25, 0.3) is 0 Å². The molecule has 5 heteroatoms. The maximum Gasteiger partial charge on any atom is 0.206 e. The number of hydrogen-bond acceptors (Lipinski definition) is 2. The first-order chi connectivity index (χ1) is 7.57. The van der Waals surface area contributed by atoms with E-state index in [-0.39, 0.29) is 6.10 Å². The van der Waals surface area contributed by atoms with E-state index in [1.807, 2.05) is 13.0 Å². The average molecular weight is 326 g/mol. The topological polar surface area (TPSA) is 18.5 Å². The lowest BCUT2D eigenvalue weighted by Gasteiger charge is -2.27. The van der Waals surface area contributed by atoms with Gasteiger partial charge >= 0.3 is 0 Å². The van der Waals surface area contributed by atoms with Gasteiger partial charge in [0.1, 0.15) is 0 Å². The fraction of sp³-hybridized carbons (Fsp3) is 0.455. The molecule has 2 atom stereocenters. The van der Waals surface area contributed by atoms with Gasteiger partial charge in [-0.25, -0.2) is 0 Å². The second kappa shape index (κ2) is 4.83. The second-order valence-electron chi connectivity index (χ2n) is 3.75. The molecule has 1 fully saturated rings. The Hall–Kier alpha value is 0.200. The van der Waals surface area contributed by atoms with Gasteiger partial charge in [-0.15, -0.1) is 0 Å². The Morgan fingerprint density at radius 2 is 2.25 bits per heavy atom. The van der Waals surface area contributed by atoms with Crippen LogP contribution in [0, 0.1) is 0 Å². The van der Waals surface area contributed by atoms with E-state index in [4.69, 9.17) is 32.7 Å². The van der Waals surface area contributed by atoms with Gasteiger partial charge in [-0.3, -0.25) is 0 Å². The smallest absolute Gasteiger partial charge is 0.206 e. The highest BCUT2D eigenvalue weighted by Crippen LogP contribution is 2.40. The van der Waals surface area contributed by atoms with Crippen LogP contribution in [-0.2, 0) is 15.3 Å². The van der Waals surface area contributed by atoms with Gasteiger partial charge in [0.05, 0.1) is 23.1 Å². The number of alkyl halides is 1. The molecule has 1 saturated heterocycles. The van der Waals surface area contributed by atoms with Gasteiger partial charge in [0.25, 0.3) is 0 Å². The molecule has 16 heavy (non-hydrogen) atoms. The summed E-state index contributed by atoms with van der Waals surface area (Å²) >= 11 is 15.4. The molecule has 1 aliphatic rings. The Kier molecular flexibility index (Phi) is 3.82. The van der Waals surface area contributed by atoms with E-state index in [1.165, 1.54) is 0 Å². The molecular formula is C11H11BrCl2O2. The van der Waals surface area contributed by atoms with Gasteiger partial charge in [0.2, 0.25) is 5.79 Å². The molecule has 2 unspecified atom stereocenters. The van der Waals surface area contributed by atoms with E-state index in [0.717, 1.165) is 5.56 Å². The zero-order valence-electron chi connectivity index (χ0n) is 8.67. The summed E-state index contributed by atoms with van der Waals surface area (Å²) < 4.78 is 11.5. The molecule has 1 aliphatic heterocycles. The van der Waals surface area contributed by atoms with Crippen molar-refractivity contribution in [1.29, 1.82) is 0 Å². The molecule has 88 valence electrons. The maximum absolute atomic E-state index is 6.16. The van der Waals surface area contributed by atoms with Gasteiger partial charge in [-0.1, -0.05) is 45.2 Å². The summed E-state index contributed by atoms with van der Waals surface area (Å²) in [4.78, 5) is 0. The maximum atomic E-state index is 6.16. The third kappa shape index (κ3) is 2.24. The molecule has 2 rings (SSSR count). The van der Waals surface area contributed by atoms with Crippen molar-refractivity contribution in [1.82, 2.24) is 0 Å². The van der Waals surface area contributed by atoms with Gasteiger partial charge < -0.3 is 9.47 Å². The van der Waals surface area contributed by atoms with Crippen LogP contribution < -0.4 is 0 Å². The van der Waals surface area contributed by atoms with Gasteiger partial charge in [0, 0.05) is 10.6 Å². The van der Waals surface area contributed by atoms with Crippen LogP contribution in [0.4, 0.5) is 0 Å². The first-order valence-corrected chi connectivity index (χ1v) is 6.78. The molecule has 0 bridgehead atoms. The van der Waals surface area contributed by atoms with E-state index in [0.29, 0.717) is 22.0 Å². The van der Waals surface area contributed by atoms with Crippen molar-refractivity contribution in [2.75, 3.05) is 11.9 Å². The minimum Gasteiger partial charge on any atom is -0.342 e. The highest BCUT2D eigenvalue weighted by molar-refractivity contribution is 9.09. The quantitative estimate of drug-likeness (QED) is 0.766. The van der Waals surface area contributed by atoms with Crippen LogP contribution in [-0.4, -0.2) is 18.0 Å². The van der Waals surface area contributed by atoms with Crippen molar-refractivity contribution in [2.24, 2.45) is 0 Å². The Bertz CT molecular complexity index is 400. The van der Waals surface area contributed by atoms with E-state index < -0.39 is 5.79 Å². The van der Waals surface area contributed by atoms with Crippen molar-refractivity contribution in [3.8, 4) is 0 Å². The average Bonchev–Trinajstić information content (AvgIpc) is 2.61. The Balaban J connectivity index is 2.41. The molecule has 0 aromatic heterocycles. The van der Waals surface area contributed by atoms with Gasteiger partial charge in [0.15, 0.2) is 0 Å². The molecule has 0 N–H and O–H groups in total. The Morgan fingerprint density at radius 3 is 2.75 bits per heavy atom. The fourth-order valence-electron chi connectivity index (χ4n) is 1.73. The molecule has 1 heterocycles. The van der Waals surface area contributed by atoms with Crippen LogP contribution >= 0.6 is 39.1 Å². The third-order valence-electron chi connectivity index (χ3n) is 2.46. The minimum absolute atomic E-state index is 0.0595. The van der Waals surface area contributed by atoms with E-state index in [1.54, 1.807) is 12.1 Å². The van der Waals surface area contributed by atoms with Crippen molar-refractivity contribution in [2.45, 2.75) is 18.8 Å². The summed E-state index contributed by atoms with van der Waals surface area (Å²) in [5, 5.41) is 1.69. The van der Waals surface area contributed by atoms with E-state index in [2.05, 4.69) is 15.9 Å². The van der Waals surface area contributed by atoms with Crippen molar-refractivity contribution in [3.05, 3.63) is 33.8 Å². The van der Waals surface area contributed by atoms with Crippen LogP contribution in [0.2, 0.25) is 10.0 Å². The lowest BCUT2D eigenvalue weighted by Crippen LogP contribution is -2.30. The van der Waals surface area contributed by atoms with E-state index in [9.17, 15) is 0 Å². The normalized spacial score (nSPS) is 29.6. The van der Waals surface area contributed by atoms with Crippen molar-refractivity contribution < 1.29 is 9.47 Å². The van der Waals surface area contributed by atoms with Gasteiger partial charge in [-0.05, 0) is 19.1 Å². The van der Waals surface area contributed by atoms with E-state index >= 15 is 0 Å². The standard InChI is InChI=1S/C11H11BrCl2O2/c1-7-5-15-11(6-12,16-7)9-3-2-8(13)4-10(9)14/h2-4,7H,5-6H2,1H3. The second-order valence-corrected chi connectivity index (χ2v) is 5.15. The van der Waals surface area contributed by atoms with Crippen LogP contribution in [0.5, 0.6) is 0 Å². The lowest BCUT2D eigenvalue weighted by atomic mass is 10.1. The predicted molar refractivity (Wildman–Crippen MR) is 68.4 cm³/mol. The summed E-state index contributed by atoms with van der Waals surface area (Å²) in [6, 6.07) is 5.31. The molecule has 1 aromatic rings. The highest BCUT2D eigenvalue weighted by Gasteiger charge is 2.42. The largest absolute Gasteiger partial charge is 0.342 e. The number of benzene rings is 1. The van der Waals surface area contributed by atoms with Crippen LogP contribution in [0.3, 0.4) is 0 Å². The SMILES string of the molecule is CC1COC(CBr)(c2ccc(Cl)cc2Cl)O1. The summed E-state index contributed by atoms with van der Waals surface area (Å²) in [6.45, 7) is 2.53. The Morgan fingerprint density at radius 1 is 1.50 bits per heavy atom. The monoisotopic (exact) mass is 324 g/mol. The predicted octanol–water partition coefficient (Wildman–Crippen LogP) is 3.98. The third-order valence-corrected chi connectivity index (χ3v) is 3.75. The van der Waals surface area contributed by atoms with Crippen LogP contribution in [0.15, 0.2) is 18.2 Å². The molecule has 0 amide bonds. The molecule has 0 spiro atoms. The first kappa shape index (κ1) is 12.7. The Labute approximate surface area is 113 Å². The zero-order valence-corrected chi connectivity index (χ0v) is 11.8. The lowest BCUT2D eigenvalue weighted by molar-refractivity contribution is -0.154. The molecule has 0 radical (unpaired) electrons. The van der Waals surface area contributed by atoms with Crippen LogP contribution in [0.1, 0.15) is 12.5 Å². The van der Waals surface area contributed by atoms with Gasteiger partial charge in [-0.2, -0.15) is 0 Å². The molecular weight excluding hydrogens is 315 g/mol. The summed E-state index contributed by atoms with van der Waals surface area (Å²) in [6.07, 6.45) is 0.0595. The summed E-state index contributed by atoms with van der Waals surface area (Å²) in [5.41, 5.74) is 0.805.